The first-order chi connectivity index (χ1) is 16.3. The third-order valence-corrected chi connectivity index (χ3v) is 5.83. The monoisotopic (exact) mass is 465 g/mol. The molecule has 1 heterocycles. The van der Waals surface area contributed by atoms with Crippen LogP contribution in [-0.4, -0.2) is 42.1 Å². The predicted molar refractivity (Wildman–Crippen MR) is 132 cm³/mol. The number of rotatable bonds is 8. The molecule has 180 valence electrons. The van der Waals surface area contributed by atoms with E-state index in [0.717, 1.165) is 37.9 Å². The van der Waals surface area contributed by atoms with Crippen molar-refractivity contribution in [2.24, 2.45) is 11.0 Å². The number of nitro groups is 1. The standard InChI is InChI=1S/C25H31N5O4/c1-17(2)23(27-24(31)20-10-7-18(3)8-11-20)25(32)28-26-16-19-9-12-21(22(15-19)30(33)34)29-13-5-4-6-14-29/h7-12,15-17,23H,4-6,13-14H2,1-3H3,(H,27,31)(H,28,32)/b26-16-. The minimum absolute atomic E-state index is 0.0163. The van der Waals surface area contributed by atoms with E-state index in [9.17, 15) is 19.7 Å². The molecule has 34 heavy (non-hydrogen) atoms. The molecule has 1 fully saturated rings. The number of carbonyl (C=O) groups is 2. The average molecular weight is 466 g/mol. The Bertz CT molecular complexity index is 1060. The van der Waals surface area contributed by atoms with Crippen molar-refractivity contribution < 1.29 is 14.5 Å². The number of hydrogen-bond acceptors (Lipinski definition) is 6. The van der Waals surface area contributed by atoms with Gasteiger partial charge < -0.3 is 10.2 Å². The Morgan fingerprint density at radius 2 is 1.76 bits per heavy atom. The molecule has 0 aliphatic carbocycles. The topological polar surface area (TPSA) is 117 Å². The number of hydrogen-bond donors (Lipinski definition) is 2. The predicted octanol–water partition coefficient (Wildman–Crippen LogP) is 3.80. The minimum atomic E-state index is -0.790. The van der Waals surface area contributed by atoms with Crippen LogP contribution in [0.3, 0.4) is 0 Å². The lowest BCUT2D eigenvalue weighted by atomic mass is 10.0. The maximum absolute atomic E-state index is 12.7. The fourth-order valence-corrected chi connectivity index (χ4v) is 3.87. The number of piperidine rings is 1. The zero-order valence-corrected chi connectivity index (χ0v) is 19.8. The molecule has 3 rings (SSSR count). The Morgan fingerprint density at radius 1 is 1.09 bits per heavy atom. The van der Waals surface area contributed by atoms with E-state index < -0.39 is 16.9 Å². The highest BCUT2D eigenvalue weighted by Gasteiger charge is 2.25. The van der Waals surface area contributed by atoms with Crippen LogP contribution in [0.25, 0.3) is 0 Å². The van der Waals surface area contributed by atoms with Gasteiger partial charge >= 0.3 is 0 Å². The number of anilines is 1. The number of amides is 2. The third kappa shape index (κ3) is 6.40. The fraction of sp³-hybridized carbons (Fsp3) is 0.400. The molecule has 9 nitrogen and oxygen atoms in total. The zero-order chi connectivity index (χ0) is 24.7. The SMILES string of the molecule is Cc1ccc(C(=O)NC(C(=O)N/N=C\c2ccc(N3CCCCC3)c([N+](=O)[O-])c2)C(C)C)cc1. The van der Waals surface area contributed by atoms with E-state index in [1.807, 2.05) is 37.8 Å². The number of carbonyl (C=O) groups excluding carboxylic acids is 2. The molecule has 0 aromatic heterocycles. The third-order valence-electron chi connectivity index (χ3n) is 5.83. The van der Waals surface area contributed by atoms with Gasteiger partial charge in [0.05, 0.1) is 11.1 Å². The number of benzene rings is 2. The maximum Gasteiger partial charge on any atom is 0.293 e. The molecule has 0 spiro atoms. The Balaban J connectivity index is 1.66. The molecule has 1 saturated heterocycles. The van der Waals surface area contributed by atoms with Crippen LogP contribution >= 0.6 is 0 Å². The maximum atomic E-state index is 12.7. The Kier molecular flexibility index (Phi) is 8.34. The smallest absolute Gasteiger partial charge is 0.293 e. The van der Waals surface area contributed by atoms with E-state index >= 15 is 0 Å². The molecular formula is C25H31N5O4. The van der Waals surface area contributed by atoms with Crippen molar-refractivity contribution in [2.75, 3.05) is 18.0 Å². The van der Waals surface area contributed by atoms with E-state index in [1.165, 1.54) is 12.3 Å². The fourth-order valence-electron chi connectivity index (χ4n) is 3.87. The first-order valence-electron chi connectivity index (χ1n) is 11.5. The molecule has 2 amide bonds. The van der Waals surface area contributed by atoms with Crippen LogP contribution in [-0.2, 0) is 4.79 Å². The summed E-state index contributed by atoms with van der Waals surface area (Å²) < 4.78 is 0. The highest BCUT2D eigenvalue weighted by Crippen LogP contribution is 2.30. The Hall–Kier alpha value is -3.75. The van der Waals surface area contributed by atoms with E-state index in [4.69, 9.17) is 0 Å². The summed E-state index contributed by atoms with van der Waals surface area (Å²) in [5.41, 5.74) is 5.06. The number of hydrazone groups is 1. The van der Waals surface area contributed by atoms with Gasteiger partial charge in [0.2, 0.25) is 0 Å². The van der Waals surface area contributed by atoms with Gasteiger partial charge in [0.1, 0.15) is 11.7 Å². The van der Waals surface area contributed by atoms with Crippen LogP contribution < -0.4 is 15.6 Å². The summed E-state index contributed by atoms with van der Waals surface area (Å²) >= 11 is 0. The van der Waals surface area contributed by atoms with Crippen molar-refractivity contribution in [3.63, 3.8) is 0 Å². The lowest BCUT2D eigenvalue weighted by molar-refractivity contribution is -0.384. The van der Waals surface area contributed by atoms with Crippen molar-refractivity contribution in [3.05, 3.63) is 69.3 Å². The zero-order valence-electron chi connectivity index (χ0n) is 19.8. The van der Waals surface area contributed by atoms with Crippen LogP contribution in [0.5, 0.6) is 0 Å². The van der Waals surface area contributed by atoms with Gasteiger partial charge in [-0.05, 0) is 50.3 Å². The summed E-state index contributed by atoms with van der Waals surface area (Å²) in [5.74, 6) is -0.984. The van der Waals surface area contributed by atoms with E-state index in [-0.39, 0.29) is 17.5 Å². The molecule has 1 aliphatic heterocycles. The lowest BCUT2D eigenvalue weighted by Gasteiger charge is -2.28. The van der Waals surface area contributed by atoms with Crippen LogP contribution in [0.15, 0.2) is 47.6 Å². The Morgan fingerprint density at radius 3 is 2.38 bits per heavy atom. The van der Waals surface area contributed by atoms with Gasteiger partial charge in [-0.1, -0.05) is 37.6 Å². The highest BCUT2D eigenvalue weighted by atomic mass is 16.6. The largest absolute Gasteiger partial charge is 0.366 e. The van der Waals surface area contributed by atoms with Gasteiger partial charge in [0, 0.05) is 30.3 Å². The molecule has 1 atom stereocenters. The van der Waals surface area contributed by atoms with Gasteiger partial charge in [-0.3, -0.25) is 19.7 Å². The van der Waals surface area contributed by atoms with Gasteiger partial charge in [-0.25, -0.2) is 5.43 Å². The van der Waals surface area contributed by atoms with Gasteiger partial charge in [-0.2, -0.15) is 5.10 Å². The van der Waals surface area contributed by atoms with Gasteiger partial charge in [0.25, 0.3) is 17.5 Å². The molecule has 2 N–H and O–H groups in total. The van der Waals surface area contributed by atoms with E-state index in [2.05, 4.69) is 15.8 Å². The second-order valence-electron chi connectivity index (χ2n) is 8.85. The summed E-state index contributed by atoms with van der Waals surface area (Å²) in [7, 11) is 0. The molecular weight excluding hydrogens is 434 g/mol. The molecule has 0 bridgehead atoms. The molecule has 1 aliphatic rings. The summed E-state index contributed by atoms with van der Waals surface area (Å²) in [6, 6.07) is 11.2. The number of nitrogens with one attached hydrogen (secondary N) is 2. The minimum Gasteiger partial charge on any atom is -0.366 e. The lowest BCUT2D eigenvalue weighted by Crippen LogP contribution is -2.48. The summed E-state index contributed by atoms with van der Waals surface area (Å²) in [6.07, 6.45) is 4.54. The summed E-state index contributed by atoms with van der Waals surface area (Å²) in [5, 5.41) is 18.3. The van der Waals surface area contributed by atoms with Crippen LogP contribution in [0, 0.1) is 23.0 Å². The van der Waals surface area contributed by atoms with Gasteiger partial charge in [0.15, 0.2) is 0 Å². The van der Waals surface area contributed by atoms with Crippen molar-refractivity contribution in [1.29, 1.82) is 0 Å². The van der Waals surface area contributed by atoms with Crippen LogP contribution in [0.2, 0.25) is 0 Å². The average Bonchev–Trinajstić information content (AvgIpc) is 2.83. The van der Waals surface area contributed by atoms with Crippen LogP contribution in [0.1, 0.15) is 54.6 Å². The molecule has 2 aromatic carbocycles. The summed E-state index contributed by atoms with van der Waals surface area (Å²) in [4.78, 5) is 38.5. The highest BCUT2D eigenvalue weighted by molar-refractivity contribution is 5.97. The second kappa shape index (κ2) is 11.4. The molecule has 0 radical (unpaired) electrons. The molecule has 0 saturated carbocycles. The first kappa shape index (κ1) is 24.9. The van der Waals surface area contributed by atoms with Crippen molar-refractivity contribution in [3.8, 4) is 0 Å². The number of aryl methyl sites for hydroxylation is 1. The molecule has 2 aromatic rings. The number of nitrogens with zero attached hydrogens (tertiary/aromatic N) is 3. The summed E-state index contributed by atoms with van der Waals surface area (Å²) in [6.45, 7) is 7.18. The normalized spacial score (nSPS) is 14.8. The first-order valence-corrected chi connectivity index (χ1v) is 11.5. The van der Waals surface area contributed by atoms with Crippen molar-refractivity contribution in [2.45, 2.75) is 46.1 Å². The quantitative estimate of drug-likeness (QED) is 0.349. The van der Waals surface area contributed by atoms with E-state index in [0.29, 0.717) is 16.8 Å². The Labute approximate surface area is 199 Å². The number of nitro benzene ring substituents is 1. The molecule has 1 unspecified atom stereocenters. The van der Waals surface area contributed by atoms with E-state index in [1.54, 1.807) is 24.3 Å². The molecule has 9 heteroatoms. The van der Waals surface area contributed by atoms with Crippen LogP contribution in [0.4, 0.5) is 11.4 Å². The second-order valence-corrected chi connectivity index (χ2v) is 8.85. The van der Waals surface area contributed by atoms with Crippen molar-refractivity contribution in [1.82, 2.24) is 10.7 Å². The van der Waals surface area contributed by atoms with Crippen molar-refractivity contribution >= 4 is 29.4 Å². The van der Waals surface area contributed by atoms with Gasteiger partial charge in [-0.15, -0.1) is 0 Å².